The van der Waals surface area contributed by atoms with Gasteiger partial charge in [0, 0.05) is 12.8 Å². The van der Waals surface area contributed by atoms with Crippen LogP contribution in [0.1, 0.15) is 47.0 Å². The maximum absolute atomic E-state index is 11.0. The highest BCUT2D eigenvalue weighted by Gasteiger charge is 2.61. The number of esters is 1. The summed E-state index contributed by atoms with van der Waals surface area (Å²) in [5.41, 5.74) is 0.727. The molecule has 0 amide bonds. The second kappa shape index (κ2) is 2.74. The van der Waals surface area contributed by atoms with Gasteiger partial charge >= 0.3 is 5.97 Å². The molecule has 2 heteroatoms. The van der Waals surface area contributed by atoms with Crippen molar-refractivity contribution in [1.29, 1.82) is 0 Å². The van der Waals surface area contributed by atoms with E-state index in [1.807, 2.05) is 0 Å². The summed E-state index contributed by atoms with van der Waals surface area (Å²) in [5, 5.41) is 0. The lowest BCUT2D eigenvalue weighted by Crippen LogP contribution is -2.27. The number of carbonyl (C=O) groups is 1. The van der Waals surface area contributed by atoms with Crippen LogP contribution in [0.15, 0.2) is 0 Å². The third-order valence-electron chi connectivity index (χ3n) is 4.91. The van der Waals surface area contributed by atoms with E-state index in [4.69, 9.17) is 4.74 Å². The lowest BCUT2D eigenvalue weighted by molar-refractivity contribution is -0.149. The van der Waals surface area contributed by atoms with E-state index < -0.39 is 0 Å². The Morgan fingerprint density at radius 3 is 2.36 bits per heavy atom. The van der Waals surface area contributed by atoms with E-state index in [0.29, 0.717) is 16.7 Å². The molecule has 80 valence electrons. The second-order valence-corrected chi connectivity index (χ2v) is 5.78. The molecule has 0 saturated heterocycles. The monoisotopic (exact) mass is 196 g/mol. The van der Waals surface area contributed by atoms with E-state index in [1.54, 1.807) is 0 Å². The van der Waals surface area contributed by atoms with Crippen LogP contribution in [0.3, 0.4) is 0 Å². The average molecular weight is 196 g/mol. The minimum absolute atomic E-state index is 0.123. The van der Waals surface area contributed by atoms with Gasteiger partial charge in [0.2, 0.25) is 0 Å². The summed E-state index contributed by atoms with van der Waals surface area (Å²) in [7, 11) is 0. The molecule has 2 saturated carbocycles. The van der Waals surface area contributed by atoms with Crippen molar-refractivity contribution in [1.82, 2.24) is 0 Å². The zero-order valence-electron chi connectivity index (χ0n) is 9.59. The molecule has 0 heterocycles. The fraction of sp³-hybridized carbons (Fsp3) is 0.917. The minimum atomic E-state index is -0.123. The van der Waals surface area contributed by atoms with Gasteiger partial charge in [0.25, 0.3) is 0 Å². The molecule has 2 aliphatic carbocycles. The lowest BCUT2D eigenvalue weighted by atomic mass is 9.71. The van der Waals surface area contributed by atoms with E-state index >= 15 is 0 Å². The molecule has 14 heavy (non-hydrogen) atoms. The number of hydrogen-bond donors (Lipinski definition) is 0. The number of hydrogen-bond acceptors (Lipinski definition) is 2. The second-order valence-electron chi connectivity index (χ2n) is 5.78. The molecule has 0 aliphatic heterocycles. The highest BCUT2D eigenvalue weighted by Crippen LogP contribution is 2.66. The van der Waals surface area contributed by atoms with Crippen LogP contribution in [0.4, 0.5) is 0 Å². The maximum atomic E-state index is 11.0. The zero-order chi connectivity index (χ0) is 10.6. The van der Waals surface area contributed by atoms with E-state index in [1.165, 1.54) is 19.8 Å². The van der Waals surface area contributed by atoms with Crippen molar-refractivity contribution < 1.29 is 9.53 Å². The third kappa shape index (κ3) is 1.12. The average Bonchev–Trinajstić information content (AvgIpc) is 2.31. The standard InChI is InChI=1S/C12H20O2/c1-8(13)14-10-7-12(4)6-5-9(10)11(12,2)3/h9-10H,5-7H2,1-4H3/t9-,10?,12+/m1/s1. The smallest absolute Gasteiger partial charge is 0.302 e. The summed E-state index contributed by atoms with van der Waals surface area (Å²) in [4.78, 5) is 11.0. The SMILES string of the molecule is CC(=O)OC1C[C@]2(C)CC[C@H]1C2(C)C. The van der Waals surface area contributed by atoms with Crippen molar-refractivity contribution >= 4 is 5.97 Å². The van der Waals surface area contributed by atoms with Gasteiger partial charge in [0.1, 0.15) is 6.10 Å². The molecule has 0 radical (unpaired) electrons. The maximum Gasteiger partial charge on any atom is 0.302 e. The van der Waals surface area contributed by atoms with Gasteiger partial charge < -0.3 is 4.74 Å². The van der Waals surface area contributed by atoms with Crippen molar-refractivity contribution in [2.75, 3.05) is 0 Å². The van der Waals surface area contributed by atoms with Crippen LogP contribution in [0.25, 0.3) is 0 Å². The number of ether oxygens (including phenoxy) is 1. The fourth-order valence-corrected chi connectivity index (χ4v) is 3.54. The first-order valence-corrected chi connectivity index (χ1v) is 5.54. The van der Waals surface area contributed by atoms with Crippen LogP contribution >= 0.6 is 0 Å². The molecule has 3 atom stereocenters. The number of carbonyl (C=O) groups excluding carboxylic acids is 1. The summed E-state index contributed by atoms with van der Waals surface area (Å²) < 4.78 is 5.41. The van der Waals surface area contributed by atoms with Crippen LogP contribution in [0.2, 0.25) is 0 Å². The number of rotatable bonds is 1. The van der Waals surface area contributed by atoms with Crippen LogP contribution < -0.4 is 0 Å². The van der Waals surface area contributed by atoms with Crippen LogP contribution in [-0.4, -0.2) is 12.1 Å². The van der Waals surface area contributed by atoms with Gasteiger partial charge in [0.05, 0.1) is 0 Å². The molecule has 2 bridgehead atoms. The molecule has 0 aromatic rings. The molecular weight excluding hydrogens is 176 g/mol. The predicted octanol–water partition coefficient (Wildman–Crippen LogP) is 2.76. The molecule has 0 aromatic carbocycles. The Morgan fingerprint density at radius 2 is 2.00 bits per heavy atom. The first-order valence-electron chi connectivity index (χ1n) is 5.54. The molecule has 0 aromatic heterocycles. The Labute approximate surface area is 86.0 Å². The van der Waals surface area contributed by atoms with Crippen LogP contribution in [0, 0.1) is 16.7 Å². The molecule has 2 nitrogen and oxygen atoms in total. The van der Waals surface area contributed by atoms with E-state index in [2.05, 4.69) is 20.8 Å². The Bertz CT molecular complexity index is 267. The third-order valence-corrected chi connectivity index (χ3v) is 4.91. The highest BCUT2D eigenvalue weighted by molar-refractivity contribution is 5.66. The summed E-state index contributed by atoms with van der Waals surface area (Å²) >= 11 is 0. The van der Waals surface area contributed by atoms with Gasteiger partial charge in [-0.25, -0.2) is 0 Å². The van der Waals surface area contributed by atoms with Gasteiger partial charge in [-0.3, -0.25) is 4.79 Å². The van der Waals surface area contributed by atoms with Crippen molar-refractivity contribution in [3.8, 4) is 0 Å². The zero-order valence-corrected chi connectivity index (χ0v) is 9.59. The first-order chi connectivity index (χ1) is 6.37. The van der Waals surface area contributed by atoms with Gasteiger partial charge in [-0.2, -0.15) is 0 Å². The van der Waals surface area contributed by atoms with Gasteiger partial charge in [-0.1, -0.05) is 20.8 Å². The Hall–Kier alpha value is -0.530. The highest BCUT2D eigenvalue weighted by atomic mass is 16.5. The summed E-state index contributed by atoms with van der Waals surface area (Å²) in [6.45, 7) is 8.51. The molecule has 0 spiro atoms. The van der Waals surface area contributed by atoms with Crippen LogP contribution in [-0.2, 0) is 9.53 Å². The first kappa shape index (κ1) is 10.0. The quantitative estimate of drug-likeness (QED) is 0.603. The summed E-state index contributed by atoms with van der Waals surface area (Å²) in [6.07, 6.45) is 3.76. The molecule has 2 rings (SSSR count). The largest absolute Gasteiger partial charge is 0.462 e. The minimum Gasteiger partial charge on any atom is -0.462 e. The molecular formula is C12H20O2. The molecule has 2 fully saturated rings. The fourth-order valence-electron chi connectivity index (χ4n) is 3.54. The topological polar surface area (TPSA) is 26.3 Å². The number of fused-ring (bicyclic) bond motifs is 2. The van der Waals surface area contributed by atoms with Gasteiger partial charge in [-0.05, 0) is 30.1 Å². The molecule has 2 aliphatic rings. The van der Waals surface area contributed by atoms with Crippen LogP contribution in [0.5, 0.6) is 0 Å². The van der Waals surface area contributed by atoms with E-state index in [0.717, 1.165) is 6.42 Å². The summed E-state index contributed by atoms with van der Waals surface area (Å²) in [5.74, 6) is 0.457. The van der Waals surface area contributed by atoms with E-state index in [-0.39, 0.29) is 12.1 Å². The molecule has 1 unspecified atom stereocenters. The van der Waals surface area contributed by atoms with Crippen molar-refractivity contribution in [2.24, 2.45) is 16.7 Å². The summed E-state index contributed by atoms with van der Waals surface area (Å²) in [6, 6.07) is 0. The van der Waals surface area contributed by atoms with Gasteiger partial charge in [0.15, 0.2) is 0 Å². The molecule has 0 N–H and O–H groups in total. The van der Waals surface area contributed by atoms with Crippen molar-refractivity contribution in [3.63, 3.8) is 0 Å². The van der Waals surface area contributed by atoms with Gasteiger partial charge in [-0.15, -0.1) is 0 Å². The Morgan fingerprint density at radius 1 is 1.36 bits per heavy atom. The normalized spacial score (nSPS) is 44.0. The van der Waals surface area contributed by atoms with Crippen molar-refractivity contribution in [2.45, 2.75) is 53.1 Å². The van der Waals surface area contributed by atoms with E-state index in [9.17, 15) is 4.79 Å². The Balaban J connectivity index is 2.19. The van der Waals surface area contributed by atoms with Crippen molar-refractivity contribution in [3.05, 3.63) is 0 Å². The Kier molecular flexibility index (Phi) is 1.96. The predicted molar refractivity (Wildman–Crippen MR) is 54.8 cm³/mol. The lowest BCUT2D eigenvalue weighted by Gasteiger charge is -2.33.